The van der Waals surface area contributed by atoms with Crippen LogP contribution in [0.2, 0.25) is 5.02 Å². The van der Waals surface area contributed by atoms with Crippen LogP contribution in [0.4, 0.5) is 5.69 Å². The van der Waals surface area contributed by atoms with Crippen molar-refractivity contribution in [3.8, 4) is 0 Å². The molecule has 0 unspecified atom stereocenters. The van der Waals surface area contributed by atoms with Gasteiger partial charge in [-0.15, -0.1) is 0 Å². The summed E-state index contributed by atoms with van der Waals surface area (Å²) in [6, 6.07) is 12.3. The smallest absolute Gasteiger partial charge is 0.252 e. The zero-order valence-corrected chi connectivity index (χ0v) is 17.8. The largest absolute Gasteiger partial charge is 0.382 e. The van der Waals surface area contributed by atoms with Crippen LogP contribution in [0.1, 0.15) is 42.2 Å². The zero-order chi connectivity index (χ0) is 21.9. The maximum absolute atomic E-state index is 12.8. The Hall–Kier alpha value is -2.90. The van der Waals surface area contributed by atoms with Crippen molar-refractivity contribution in [2.24, 2.45) is 0 Å². The highest BCUT2D eigenvalue weighted by molar-refractivity contribution is 6.30. The molecule has 0 saturated carbocycles. The summed E-state index contributed by atoms with van der Waals surface area (Å²) in [7, 11) is 0. The van der Waals surface area contributed by atoms with Crippen LogP contribution >= 0.6 is 11.6 Å². The van der Waals surface area contributed by atoms with E-state index in [1.54, 1.807) is 48.5 Å². The van der Waals surface area contributed by atoms with Gasteiger partial charge in [-0.05, 0) is 55.3 Å². The van der Waals surface area contributed by atoms with E-state index in [1.165, 1.54) is 6.92 Å². The van der Waals surface area contributed by atoms with Gasteiger partial charge in [-0.1, -0.05) is 23.7 Å². The van der Waals surface area contributed by atoms with Gasteiger partial charge in [0.2, 0.25) is 11.8 Å². The van der Waals surface area contributed by atoms with Gasteiger partial charge in [0, 0.05) is 43.0 Å². The third kappa shape index (κ3) is 7.50. The summed E-state index contributed by atoms with van der Waals surface area (Å²) in [5.74, 6) is -0.929. The Morgan fingerprint density at radius 2 is 1.70 bits per heavy atom. The van der Waals surface area contributed by atoms with Crippen LogP contribution in [0.15, 0.2) is 48.5 Å². The first-order valence-corrected chi connectivity index (χ1v) is 10.1. The Bertz CT molecular complexity index is 854. The van der Waals surface area contributed by atoms with E-state index < -0.39 is 11.9 Å². The van der Waals surface area contributed by atoms with Gasteiger partial charge in [-0.2, -0.15) is 0 Å². The van der Waals surface area contributed by atoms with Gasteiger partial charge in [0.25, 0.3) is 5.91 Å². The van der Waals surface area contributed by atoms with Crippen molar-refractivity contribution in [1.82, 2.24) is 10.6 Å². The van der Waals surface area contributed by atoms with Crippen molar-refractivity contribution in [3.63, 3.8) is 0 Å². The van der Waals surface area contributed by atoms with Crippen molar-refractivity contribution in [1.29, 1.82) is 0 Å². The van der Waals surface area contributed by atoms with Crippen LogP contribution in [0.5, 0.6) is 0 Å². The van der Waals surface area contributed by atoms with Gasteiger partial charge in [0.1, 0.15) is 6.04 Å². The van der Waals surface area contributed by atoms with Crippen molar-refractivity contribution >= 4 is 35.0 Å². The third-order valence-electron chi connectivity index (χ3n) is 4.18. The topological polar surface area (TPSA) is 96.5 Å². The van der Waals surface area contributed by atoms with Crippen molar-refractivity contribution in [2.75, 3.05) is 25.1 Å². The molecule has 0 aliphatic rings. The fraction of sp³-hybridized carbons (Fsp3) is 0.318. The lowest BCUT2D eigenvalue weighted by atomic mass is 10.1. The summed E-state index contributed by atoms with van der Waals surface area (Å²) in [5, 5.41) is 8.77. The summed E-state index contributed by atoms with van der Waals surface area (Å²) in [6.07, 6.45) is 0.672. The van der Waals surface area contributed by atoms with Gasteiger partial charge < -0.3 is 20.7 Å². The number of carbonyl (C=O) groups is 3. The summed E-state index contributed by atoms with van der Waals surface area (Å²) in [4.78, 5) is 36.6. The zero-order valence-electron chi connectivity index (χ0n) is 17.0. The molecule has 1 atom stereocenters. The first-order valence-electron chi connectivity index (χ1n) is 9.70. The molecule has 0 bridgehead atoms. The monoisotopic (exact) mass is 431 g/mol. The first-order chi connectivity index (χ1) is 14.4. The van der Waals surface area contributed by atoms with Crippen LogP contribution < -0.4 is 16.0 Å². The lowest BCUT2D eigenvalue weighted by Gasteiger charge is -2.19. The van der Waals surface area contributed by atoms with Gasteiger partial charge in [-0.3, -0.25) is 14.4 Å². The SMILES string of the molecule is CCOCCCNC(=O)[C@@H](NC(=O)c1ccc(NC(C)=O)cc1)c1ccc(Cl)cc1. The Morgan fingerprint density at radius 3 is 2.30 bits per heavy atom. The number of ether oxygens (including phenoxy) is 1. The van der Waals surface area contributed by atoms with E-state index in [1.807, 2.05) is 6.92 Å². The van der Waals surface area contributed by atoms with E-state index >= 15 is 0 Å². The molecule has 3 amide bonds. The molecular weight excluding hydrogens is 406 g/mol. The van der Waals surface area contributed by atoms with Crippen LogP contribution in [-0.2, 0) is 14.3 Å². The van der Waals surface area contributed by atoms with Crippen LogP contribution in [0, 0.1) is 0 Å². The third-order valence-corrected chi connectivity index (χ3v) is 4.43. The van der Waals surface area contributed by atoms with Gasteiger partial charge in [0.15, 0.2) is 0 Å². The molecule has 2 aromatic rings. The molecule has 2 aromatic carbocycles. The fourth-order valence-electron chi connectivity index (χ4n) is 2.71. The second kappa shape index (κ2) is 11.9. The molecule has 3 N–H and O–H groups in total. The number of amides is 3. The summed E-state index contributed by atoms with van der Waals surface area (Å²) in [5.41, 5.74) is 1.57. The Morgan fingerprint density at radius 1 is 1.03 bits per heavy atom. The molecule has 0 heterocycles. The fourth-order valence-corrected chi connectivity index (χ4v) is 2.84. The lowest BCUT2D eigenvalue weighted by Crippen LogP contribution is -2.40. The highest BCUT2D eigenvalue weighted by Gasteiger charge is 2.23. The standard InChI is InChI=1S/C22H26ClN3O4/c1-3-30-14-4-13-24-22(29)20(16-5-9-18(23)10-6-16)26-21(28)17-7-11-19(12-8-17)25-15(2)27/h5-12,20H,3-4,13-14H2,1-2H3,(H,24,29)(H,25,27)(H,26,28)/t20-/m0/s1. The molecule has 0 aromatic heterocycles. The number of anilines is 1. The van der Waals surface area contributed by atoms with Gasteiger partial charge >= 0.3 is 0 Å². The van der Waals surface area contributed by atoms with Crippen LogP contribution in [0.25, 0.3) is 0 Å². The molecule has 0 aliphatic carbocycles. The molecule has 0 spiro atoms. The van der Waals surface area contributed by atoms with E-state index in [9.17, 15) is 14.4 Å². The van der Waals surface area contributed by atoms with E-state index in [0.29, 0.717) is 48.0 Å². The Labute approximate surface area is 181 Å². The Balaban J connectivity index is 2.09. The van der Waals surface area contributed by atoms with Crippen molar-refractivity contribution < 1.29 is 19.1 Å². The average Bonchev–Trinajstić information content (AvgIpc) is 2.72. The molecule has 30 heavy (non-hydrogen) atoms. The van der Waals surface area contributed by atoms with E-state index in [0.717, 1.165) is 0 Å². The minimum atomic E-state index is -0.878. The minimum absolute atomic E-state index is 0.198. The molecule has 8 heteroatoms. The number of hydrogen-bond acceptors (Lipinski definition) is 4. The second-order valence-electron chi connectivity index (χ2n) is 6.56. The summed E-state index contributed by atoms with van der Waals surface area (Å²) < 4.78 is 5.27. The molecule has 7 nitrogen and oxygen atoms in total. The molecule has 0 aliphatic heterocycles. The predicted molar refractivity (Wildman–Crippen MR) is 117 cm³/mol. The van der Waals surface area contributed by atoms with Crippen LogP contribution in [-0.4, -0.2) is 37.5 Å². The lowest BCUT2D eigenvalue weighted by molar-refractivity contribution is -0.123. The Kier molecular flexibility index (Phi) is 9.31. The maximum Gasteiger partial charge on any atom is 0.252 e. The quantitative estimate of drug-likeness (QED) is 0.503. The second-order valence-corrected chi connectivity index (χ2v) is 6.99. The molecule has 0 saturated heterocycles. The molecule has 0 radical (unpaired) electrons. The maximum atomic E-state index is 12.8. The average molecular weight is 432 g/mol. The number of rotatable bonds is 10. The van der Waals surface area contributed by atoms with E-state index in [4.69, 9.17) is 16.3 Å². The number of benzene rings is 2. The van der Waals surface area contributed by atoms with E-state index in [2.05, 4.69) is 16.0 Å². The number of carbonyl (C=O) groups excluding carboxylic acids is 3. The number of hydrogen-bond donors (Lipinski definition) is 3. The van der Waals surface area contributed by atoms with E-state index in [-0.39, 0.29) is 11.8 Å². The van der Waals surface area contributed by atoms with Crippen molar-refractivity contribution in [2.45, 2.75) is 26.3 Å². The predicted octanol–water partition coefficient (Wildman–Crippen LogP) is 3.31. The molecule has 0 fully saturated rings. The highest BCUT2D eigenvalue weighted by Crippen LogP contribution is 2.18. The van der Waals surface area contributed by atoms with Crippen molar-refractivity contribution in [3.05, 3.63) is 64.7 Å². The highest BCUT2D eigenvalue weighted by atomic mass is 35.5. The molecule has 160 valence electrons. The number of nitrogens with one attached hydrogen (secondary N) is 3. The summed E-state index contributed by atoms with van der Waals surface area (Å²) in [6.45, 7) is 4.93. The minimum Gasteiger partial charge on any atom is -0.382 e. The number of halogens is 1. The molecular formula is C22H26ClN3O4. The summed E-state index contributed by atoms with van der Waals surface area (Å²) >= 11 is 5.95. The first kappa shape index (κ1) is 23.4. The normalized spacial score (nSPS) is 11.4. The van der Waals surface area contributed by atoms with Crippen LogP contribution in [0.3, 0.4) is 0 Å². The van der Waals surface area contributed by atoms with Gasteiger partial charge in [-0.25, -0.2) is 0 Å². The van der Waals surface area contributed by atoms with Gasteiger partial charge in [0.05, 0.1) is 0 Å². The molecule has 2 rings (SSSR count).